The molecule has 1 aromatic carbocycles. The van der Waals surface area contributed by atoms with Gasteiger partial charge in [-0.05, 0) is 37.4 Å². The van der Waals surface area contributed by atoms with Crippen LogP contribution in [0, 0.1) is 10.6 Å². The molecule has 0 aliphatic carbocycles. The van der Waals surface area contributed by atoms with Crippen molar-refractivity contribution < 1.29 is 4.39 Å². The molecule has 1 N–H and O–H groups in total. The molecule has 1 aromatic heterocycles. The number of benzene rings is 1. The second-order valence-electron chi connectivity index (χ2n) is 4.24. The fourth-order valence-electron chi connectivity index (χ4n) is 2.15. The molecule has 0 radical (unpaired) electrons. The molecule has 0 atom stereocenters. The number of nitrogens with zero attached hydrogens (tertiary/aromatic N) is 2. The predicted octanol–water partition coefficient (Wildman–Crippen LogP) is 3.18. The summed E-state index contributed by atoms with van der Waals surface area (Å²) in [5.41, 5.74) is 1.34. The standard InChI is InChI=1S/C13H18FN3S/c1-3-16(4-2)8-9-17-11-7-5-6-10(14)12(11)15-13(17)18/h5-7H,3-4,8-9H2,1-2H3,(H,15,18). The van der Waals surface area contributed by atoms with Crippen molar-refractivity contribution in [2.24, 2.45) is 0 Å². The molecule has 98 valence electrons. The fourth-order valence-corrected chi connectivity index (χ4v) is 2.44. The highest BCUT2D eigenvalue weighted by Gasteiger charge is 2.08. The van der Waals surface area contributed by atoms with Crippen molar-refractivity contribution >= 4 is 23.3 Å². The molecule has 0 saturated heterocycles. The Bertz CT molecular complexity index is 583. The molecule has 3 nitrogen and oxygen atoms in total. The van der Waals surface area contributed by atoms with Gasteiger partial charge < -0.3 is 14.5 Å². The molecule has 1 heterocycles. The highest BCUT2D eigenvalue weighted by atomic mass is 32.1. The Kier molecular flexibility index (Phi) is 4.14. The van der Waals surface area contributed by atoms with E-state index in [0.29, 0.717) is 10.3 Å². The number of nitrogens with one attached hydrogen (secondary N) is 1. The third kappa shape index (κ3) is 2.47. The number of aromatic nitrogens is 2. The molecule has 0 unspecified atom stereocenters. The van der Waals surface area contributed by atoms with Crippen LogP contribution in [0.4, 0.5) is 4.39 Å². The molecule has 2 rings (SSSR count). The zero-order valence-electron chi connectivity index (χ0n) is 10.7. The van der Waals surface area contributed by atoms with Crippen molar-refractivity contribution in [2.75, 3.05) is 19.6 Å². The molecule has 2 aromatic rings. The van der Waals surface area contributed by atoms with Gasteiger partial charge in [-0.2, -0.15) is 0 Å². The van der Waals surface area contributed by atoms with Crippen LogP contribution in [0.3, 0.4) is 0 Å². The summed E-state index contributed by atoms with van der Waals surface area (Å²) in [4.78, 5) is 5.26. The molecule has 18 heavy (non-hydrogen) atoms. The van der Waals surface area contributed by atoms with Gasteiger partial charge in [-0.1, -0.05) is 19.9 Å². The average molecular weight is 267 g/mol. The van der Waals surface area contributed by atoms with Crippen LogP contribution in [-0.4, -0.2) is 34.1 Å². The van der Waals surface area contributed by atoms with Crippen molar-refractivity contribution in [2.45, 2.75) is 20.4 Å². The second kappa shape index (κ2) is 5.63. The van der Waals surface area contributed by atoms with E-state index in [1.165, 1.54) is 6.07 Å². The molecule has 0 saturated carbocycles. The number of halogens is 1. The predicted molar refractivity (Wildman–Crippen MR) is 74.9 cm³/mol. The number of fused-ring (bicyclic) bond motifs is 1. The van der Waals surface area contributed by atoms with Gasteiger partial charge in [0.15, 0.2) is 4.77 Å². The van der Waals surface area contributed by atoms with Gasteiger partial charge >= 0.3 is 0 Å². The van der Waals surface area contributed by atoms with E-state index in [0.717, 1.165) is 31.7 Å². The van der Waals surface area contributed by atoms with Crippen LogP contribution in [0.2, 0.25) is 0 Å². The van der Waals surface area contributed by atoms with Crippen molar-refractivity contribution in [3.05, 3.63) is 28.8 Å². The number of hydrogen-bond acceptors (Lipinski definition) is 2. The summed E-state index contributed by atoms with van der Waals surface area (Å²) in [5.74, 6) is -0.250. The normalized spacial score (nSPS) is 11.6. The van der Waals surface area contributed by atoms with E-state index in [1.54, 1.807) is 6.07 Å². The van der Waals surface area contributed by atoms with E-state index in [9.17, 15) is 4.39 Å². The monoisotopic (exact) mass is 267 g/mol. The first-order valence-corrected chi connectivity index (χ1v) is 6.67. The van der Waals surface area contributed by atoms with Gasteiger partial charge in [0.25, 0.3) is 0 Å². The minimum atomic E-state index is -0.250. The SMILES string of the molecule is CCN(CC)CCn1c(=S)[nH]c2c(F)cccc21. The van der Waals surface area contributed by atoms with E-state index < -0.39 is 0 Å². The Balaban J connectivity index is 2.31. The summed E-state index contributed by atoms with van der Waals surface area (Å²) in [6.07, 6.45) is 0. The first kappa shape index (κ1) is 13.2. The maximum absolute atomic E-state index is 13.6. The van der Waals surface area contributed by atoms with E-state index in [-0.39, 0.29) is 5.82 Å². The summed E-state index contributed by atoms with van der Waals surface area (Å²) in [6, 6.07) is 5.06. The first-order valence-electron chi connectivity index (χ1n) is 6.26. The van der Waals surface area contributed by atoms with Gasteiger partial charge in [0, 0.05) is 13.1 Å². The van der Waals surface area contributed by atoms with Crippen LogP contribution in [0.5, 0.6) is 0 Å². The third-order valence-corrected chi connectivity index (χ3v) is 3.62. The van der Waals surface area contributed by atoms with Crippen LogP contribution >= 0.6 is 12.2 Å². The van der Waals surface area contributed by atoms with Gasteiger partial charge in [0.2, 0.25) is 0 Å². The molecular formula is C13H18FN3S. The molecular weight excluding hydrogens is 249 g/mol. The first-order chi connectivity index (χ1) is 8.67. The van der Waals surface area contributed by atoms with Crippen molar-refractivity contribution in [1.82, 2.24) is 14.5 Å². The minimum absolute atomic E-state index is 0.250. The molecule has 0 bridgehead atoms. The summed E-state index contributed by atoms with van der Waals surface area (Å²) >= 11 is 5.26. The Morgan fingerprint density at radius 1 is 1.33 bits per heavy atom. The lowest BCUT2D eigenvalue weighted by molar-refractivity contribution is 0.291. The van der Waals surface area contributed by atoms with E-state index in [2.05, 4.69) is 23.7 Å². The smallest absolute Gasteiger partial charge is 0.178 e. The van der Waals surface area contributed by atoms with Gasteiger partial charge in [-0.25, -0.2) is 4.39 Å². The maximum Gasteiger partial charge on any atom is 0.178 e. The number of para-hydroxylation sites is 1. The zero-order chi connectivity index (χ0) is 13.1. The van der Waals surface area contributed by atoms with Crippen LogP contribution in [0.1, 0.15) is 13.8 Å². The highest BCUT2D eigenvalue weighted by molar-refractivity contribution is 7.71. The highest BCUT2D eigenvalue weighted by Crippen LogP contribution is 2.17. The van der Waals surface area contributed by atoms with Gasteiger partial charge in [0.1, 0.15) is 11.3 Å². The Morgan fingerprint density at radius 2 is 2.06 bits per heavy atom. The van der Waals surface area contributed by atoms with Crippen LogP contribution in [-0.2, 0) is 6.54 Å². The van der Waals surface area contributed by atoms with Crippen molar-refractivity contribution in [3.63, 3.8) is 0 Å². The Labute approximate surface area is 111 Å². The van der Waals surface area contributed by atoms with E-state index in [1.807, 2.05) is 10.6 Å². The molecule has 5 heteroatoms. The lowest BCUT2D eigenvalue weighted by Crippen LogP contribution is -2.27. The summed E-state index contributed by atoms with van der Waals surface area (Å²) < 4.78 is 16.2. The van der Waals surface area contributed by atoms with Crippen molar-refractivity contribution in [3.8, 4) is 0 Å². The van der Waals surface area contributed by atoms with E-state index in [4.69, 9.17) is 12.2 Å². The molecule has 0 amide bonds. The number of hydrogen-bond donors (Lipinski definition) is 1. The number of H-pyrrole nitrogens is 1. The van der Waals surface area contributed by atoms with E-state index >= 15 is 0 Å². The van der Waals surface area contributed by atoms with Crippen LogP contribution < -0.4 is 0 Å². The van der Waals surface area contributed by atoms with Gasteiger partial charge in [-0.3, -0.25) is 0 Å². The summed E-state index contributed by atoms with van der Waals surface area (Å²) in [5, 5.41) is 0. The third-order valence-electron chi connectivity index (χ3n) is 3.29. The quantitative estimate of drug-likeness (QED) is 0.841. The molecule has 0 fully saturated rings. The Hall–Kier alpha value is -1.20. The summed E-state index contributed by atoms with van der Waals surface area (Å²) in [7, 11) is 0. The lowest BCUT2D eigenvalue weighted by Gasteiger charge is -2.18. The lowest BCUT2D eigenvalue weighted by atomic mass is 10.3. The fraction of sp³-hybridized carbons (Fsp3) is 0.462. The van der Waals surface area contributed by atoms with Crippen LogP contribution in [0.25, 0.3) is 11.0 Å². The van der Waals surface area contributed by atoms with Crippen LogP contribution in [0.15, 0.2) is 18.2 Å². The number of aromatic amines is 1. The number of rotatable bonds is 5. The molecule has 0 spiro atoms. The minimum Gasteiger partial charge on any atom is -0.328 e. The number of likely N-dealkylation sites (N-methyl/N-ethyl adjacent to an activating group) is 1. The topological polar surface area (TPSA) is 24.0 Å². The number of imidazole rings is 1. The van der Waals surface area contributed by atoms with Gasteiger partial charge in [-0.15, -0.1) is 0 Å². The molecule has 0 aliphatic heterocycles. The zero-order valence-corrected chi connectivity index (χ0v) is 11.6. The Morgan fingerprint density at radius 3 is 2.72 bits per heavy atom. The van der Waals surface area contributed by atoms with Crippen molar-refractivity contribution in [1.29, 1.82) is 0 Å². The summed E-state index contributed by atoms with van der Waals surface area (Å²) in [6.45, 7) is 8.01. The largest absolute Gasteiger partial charge is 0.328 e. The second-order valence-corrected chi connectivity index (χ2v) is 4.63. The average Bonchev–Trinajstić information content (AvgIpc) is 2.69. The van der Waals surface area contributed by atoms with Gasteiger partial charge in [0.05, 0.1) is 5.52 Å². The maximum atomic E-state index is 13.6. The molecule has 0 aliphatic rings.